The first kappa shape index (κ1) is 18.0. The highest BCUT2D eigenvalue weighted by atomic mass is 16.5. The van der Waals surface area contributed by atoms with Crippen molar-refractivity contribution in [3.63, 3.8) is 0 Å². The van der Waals surface area contributed by atoms with Crippen LogP contribution in [0.2, 0.25) is 0 Å². The lowest BCUT2D eigenvalue weighted by Gasteiger charge is -2.26. The smallest absolute Gasteiger partial charge is 0.188 e. The van der Waals surface area contributed by atoms with E-state index in [0.29, 0.717) is 18.3 Å². The first-order chi connectivity index (χ1) is 12.2. The number of ether oxygens (including phenoxy) is 1. The lowest BCUT2D eigenvalue weighted by atomic mass is 9.88. The molecule has 0 aromatic heterocycles. The Bertz CT molecular complexity index is 597. The summed E-state index contributed by atoms with van der Waals surface area (Å²) in [7, 11) is 0. The van der Waals surface area contributed by atoms with Crippen LogP contribution in [-0.2, 0) is 24.1 Å². The van der Waals surface area contributed by atoms with E-state index in [0.717, 1.165) is 64.2 Å². The van der Waals surface area contributed by atoms with Gasteiger partial charge in [0.05, 0.1) is 19.8 Å². The van der Waals surface area contributed by atoms with Crippen LogP contribution in [0.25, 0.3) is 0 Å². The van der Waals surface area contributed by atoms with Crippen LogP contribution in [-0.4, -0.2) is 55.4 Å². The number of hydrogen-bond acceptors (Lipinski definition) is 4. The summed E-state index contributed by atoms with van der Waals surface area (Å²) in [6.07, 6.45) is 5.57. The second kappa shape index (κ2) is 9.06. The van der Waals surface area contributed by atoms with Gasteiger partial charge in [-0.25, -0.2) is 4.99 Å². The Morgan fingerprint density at radius 1 is 1.24 bits per heavy atom. The minimum absolute atomic E-state index is 0.338. The standard InChI is InChI=1S/C19H30N4O2/c20-19(21-8-3-9-23-10-12-25-13-11-23)22-14-17-16-5-2-1-4-15(16)6-7-18(17)24/h6-7,24H,1-5,8-14H2,(H3,20,21,22). The quantitative estimate of drug-likeness (QED) is 0.412. The average Bonchev–Trinajstić information content (AvgIpc) is 2.65. The van der Waals surface area contributed by atoms with Crippen molar-refractivity contribution in [2.75, 3.05) is 39.4 Å². The largest absolute Gasteiger partial charge is 0.508 e. The number of hydrogen-bond donors (Lipinski definition) is 3. The second-order valence-electron chi connectivity index (χ2n) is 6.84. The number of aromatic hydroxyl groups is 1. The summed E-state index contributed by atoms with van der Waals surface area (Å²) in [5.41, 5.74) is 9.56. The van der Waals surface area contributed by atoms with Gasteiger partial charge < -0.3 is 20.9 Å². The maximum Gasteiger partial charge on any atom is 0.188 e. The summed E-state index contributed by atoms with van der Waals surface area (Å²) in [5, 5.41) is 13.4. The molecule has 1 aliphatic heterocycles. The first-order valence-corrected chi connectivity index (χ1v) is 9.40. The minimum Gasteiger partial charge on any atom is -0.508 e. The Morgan fingerprint density at radius 2 is 2.04 bits per heavy atom. The van der Waals surface area contributed by atoms with Gasteiger partial charge in [-0.05, 0) is 55.8 Å². The highest BCUT2D eigenvalue weighted by Crippen LogP contribution is 2.30. The maximum atomic E-state index is 10.2. The average molecular weight is 346 g/mol. The van der Waals surface area contributed by atoms with Gasteiger partial charge >= 0.3 is 0 Å². The third-order valence-corrected chi connectivity index (χ3v) is 5.09. The highest BCUT2D eigenvalue weighted by molar-refractivity contribution is 5.77. The molecule has 0 atom stereocenters. The zero-order chi connectivity index (χ0) is 17.5. The third kappa shape index (κ3) is 5.09. The second-order valence-corrected chi connectivity index (χ2v) is 6.84. The van der Waals surface area contributed by atoms with E-state index in [-0.39, 0.29) is 0 Å². The zero-order valence-electron chi connectivity index (χ0n) is 15.0. The summed E-state index contributed by atoms with van der Waals surface area (Å²) in [4.78, 5) is 6.85. The van der Waals surface area contributed by atoms with Gasteiger partial charge in [-0.2, -0.15) is 0 Å². The van der Waals surface area contributed by atoms with Gasteiger partial charge in [-0.1, -0.05) is 6.07 Å². The van der Waals surface area contributed by atoms with Crippen LogP contribution in [0.4, 0.5) is 0 Å². The fourth-order valence-electron chi connectivity index (χ4n) is 3.63. The zero-order valence-corrected chi connectivity index (χ0v) is 15.0. The van der Waals surface area contributed by atoms with Crippen LogP contribution in [0.15, 0.2) is 17.1 Å². The Labute approximate surface area is 150 Å². The Kier molecular flexibility index (Phi) is 6.53. The van der Waals surface area contributed by atoms with E-state index in [1.807, 2.05) is 6.07 Å². The van der Waals surface area contributed by atoms with Gasteiger partial charge in [0.1, 0.15) is 5.75 Å². The number of nitrogens with one attached hydrogen (secondary N) is 1. The number of aliphatic imine (C=N–C) groups is 1. The summed E-state index contributed by atoms with van der Waals surface area (Å²) < 4.78 is 5.35. The summed E-state index contributed by atoms with van der Waals surface area (Å²) >= 11 is 0. The van der Waals surface area contributed by atoms with E-state index in [1.54, 1.807) is 6.07 Å². The number of phenolic OH excluding ortho intramolecular Hbond substituents is 1. The number of phenols is 1. The molecule has 0 unspecified atom stereocenters. The van der Waals surface area contributed by atoms with Crippen molar-refractivity contribution in [3.05, 3.63) is 28.8 Å². The molecular weight excluding hydrogens is 316 g/mol. The monoisotopic (exact) mass is 346 g/mol. The molecule has 1 heterocycles. The Hall–Kier alpha value is -1.79. The van der Waals surface area contributed by atoms with Crippen molar-refractivity contribution >= 4 is 5.96 Å². The van der Waals surface area contributed by atoms with Gasteiger partial charge in [0.25, 0.3) is 0 Å². The van der Waals surface area contributed by atoms with Crippen LogP contribution in [0.3, 0.4) is 0 Å². The number of morpholine rings is 1. The Morgan fingerprint density at radius 3 is 2.88 bits per heavy atom. The van der Waals surface area contributed by atoms with Crippen molar-refractivity contribution in [3.8, 4) is 5.75 Å². The van der Waals surface area contributed by atoms with Crippen molar-refractivity contribution in [1.82, 2.24) is 10.2 Å². The molecule has 0 amide bonds. The minimum atomic E-state index is 0.338. The lowest BCUT2D eigenvalue weighted by Crippen LogP contribution is -2.39. The van der Waals surface area contributed by atoms with E-state index in [9.17, 15) is 5.11 Å². The molecule has 138 valence electrons. The molecule has 0 spiro atoms. The van der Waals surface area contributed by atoms with Crippen LogP contribution < -0.4 is 11.1 Å². The van der Waals surface area contributed by atoms with E-state index in [4.69, 9.17) is 10.5 Å². The number of rotatable bonds is 6. The third-order valence-electron chi connectivity index (χ3n) is 5.09. The first-order valence-electron chi connectivity index (χ1n) is 9.40. The number of benzene rings is 1. The molecule has 6 nitrogen and oxygen atoms in total. The highest BCUT2D eigenvalue weighted by Gasteiger charge is 2.16. The fraction of sp³-hybridized carbons (Fsp3) is 0.632. The summed E-state index contributed by atoms with van der Waals surface area (Å²) in [6, 6.07) is 3.84. The van der Waals surface area contributed by atoms with Crippen LogP contribution in [0.1, 0.15) is 36.0 Å². The summed E-state index contributed by atoms with van der Waals surface area (Å²) in [5.74, 6) is 0.791. The van der Waals surface area contributed by atoms with Gasteiger partial charge in [-0.15, -0.1) is 0 Å². The van der Waals surface area contributed by atoms with Gasteiger partial charge in [-0.3, -0.25) is 4.90 Å². The maximum absolute atomic E-state index is 10.2. The number of nitrogens with zero attached hydrogens (tertiary/aromatic N) is 2. The molecule has 25 heavy (non-hydrogen) atoms. The molecule has 1 fully saturated rings. The van der Waals surface area contributed by atoms with Crippen LogP contribution >= 0.6 is 0 Å². The topological polar surface area (TPSA) is 83.1 Å². The molecule has 1 aromatic carbocycles. The molecule has 0 radical (unpaired) electrons. The molecule has 6 heteroatoms. The van der Waals surface area contributed by atoms with Gasteiger partial charge in [0.15, 0.2) is 5.96 Å². The van der Waals surface area contributed by atoms with Crippen molar-refractivity contribution in [2.45, 2.75) is 38.6 Å². The molecule has 1 saturated heterocycles. The van der Waals surface area contributed by atoms with Gasteiger partial charge in [0.2, 0.25) is 0 Å². The molecule has 0 bridgehead atoms. The van der Waals surface area contributed by atoms with Crippen molar-refractivity contribution in [2.24, 2.45) is 10.7 Å². The van der Waals surface area contributed by atoms with E-state index in [2.05, 4.69) is 15.2 Å². The number of fused-ring (bicyclic) bond motifs is 1. The van der Waals surface area contributed by atoms with Gasteiger partial charge in [0, 0.05) is 25.2 Å². The fourth-order valence-corrected chi connectivity index (χ4v) is 3.63. The number of nitrogens with two attached hydrogens (primary N) is 1. The van der Waals surface area contributed by atoms with E-state index < -0.39 is 0 Å². The molecule has 1 aromatic rings. The SMILES string of the molecule is NC(=NCc1c(O)ccc2c1CCCC2)NCCCN1CCOCC1. The Balaban J connectivity index is 1.46. The number of aryl methyl sites for hydroxylation is 1. The molecular formula is C19H30N4O2. The normalized spacial score (nSPS) is 18.8. The summed E-state index contributed by atoms with van der Waals surface area (Å²) in [6.45, 7) is 6.01. The van der Waals surface area contributed by atoms with Crippen LogP contribution in [0, 0.1) is 0 Å². The molecule has 3 rings (SSSR count). The predicted molar refractivity (Wildman–Crippen MR) is 100.0 cm³/mol. The molecule has 1 aliphatic carbocycles. The molecule has 4 N–H and O–H groups in total. The lowest BCUT2D eigenvalue weighted by molar-refractivity contribution is 0.0376. The van der Waals surface area contributed by atoms with E-state index in [1.165, 1.54) is 24.0 Å². The molecule has 0 saturated carbocycles. The van der Waals surface area contributed by atoms with Crippen molar-refractivity contribution in [1.29, 1.82) is 0 Å². The van der Waals surface area contributed by atoms with E-state index >= 15 is 0 Å². The van der Waals surface area contributed by atoms with Crippen LogP contribution in [0.5, 0.6) is 5.75 Å². The predicted octanol–water partition coefficient (Wildman–Crippen LogP) is 1.40. The molecule has 2 aliphatic rings. The van der Waals surface area contributed by atoms with Crippen molar-refractivity contribution < 1.29 is 9.84 Å². The number of guanidine groups is 1.